The Morgan fingerprint density at radius 1 is 1.22 bits per heavy atom. The van der Waals surface area contributed by atoms with Gasteiger partial charge in [0.05, 0.1) is 6.54 Å². The van der Waals surface area contributed by atoms with E-state index in [1.54, 1.807) is 14.1 Å². The highest BCUT2D eigenvalue weighted by Crippen LogP contribution is 2.06. The van der Waals surface area contributed by atoms with Crippen LogP contribution in [-0.2, 0) is 9.59 Å². The summed E-state index contributed by atoms with van der Waals surface area (Å²) in [4.78, 5) is 25.1. The molecule has 0 bridgehead atoms. The van der Waals surface area contributed by atoms with E-state index in [9.17, 15) is 9.59 Å². The molecule has 18 heavy (non-hydrogen) atoms. The second-order valence-electron chi connectivity index (χ2n) is 5.16. The molecule has 5 nitrogen and oxygen atoms in total. The number of hydrogen-bond donors (Lipinski definition) is 2. The molecule has 1 unspecified atom stereocenters. The van der Waals surface area contributed by atoms with E-state index in [1.807, 2.05) is 20.8 Å². The molecule has 0 aromatic carbocycles. The minimum Gasteiger partial charge on any atom is -0.347 e. The fourth-order valence-corrected chi connectivity index (χ4v) is 1.63. The summed E-state index contributed by atoms with van der Waals surface area (Å²) in [6, 6.07) is -0.420. The SMILES string of the molecule is CCCNCC(=O)NC(CC(C)C)C(=O)N(C)C. The topological polar surface area (TPSA) is 61.4 Å². The standard InChI is InChI=1S/C13H27N3O2/c1-6-7-14-9-12(17)15-11(8-10(2)3)13(18)16(4)5/h10-11,14H,6-9H2,1-5H3,(H,15,17). The van der Waals surface area contributed by atoms with Crippen molar-refractivity contribution < 1.29 is 9.59 Å². The fourth-order valence-electron chi connectivity index (χ4n) is 1.63. The lowest BCUT2D eigenvalue weighted by atomic mass is 10.0. The molecule has 0 rings (SSSR count). The highest BCUT2D eigenvalue weighted by Gasteiger charge is 2.22. The lowest BCUT2D eigenvalue weighted by molar-refractivity contribution is -0.134. The number of carbonyl (C=O) groups is 2. The maximum absolute atomic E-state index is 11.9. The van der Waals surface area contributed by atoms with Crippen LogP contribution in [0.5, 0.6) is 0 Å². The van der Waals surface area contributed by atoms with Gasteiger partial charge in [-0.05, 0) is 25.3 Å². The van der Waals surface area contributed by atoms with E-state index in [0.29, 0.717) is 12.3 Å². The van der Waals surface area contributed by atoms with Crippen molar-refractivity contribution in [3.63, 3.8) is 0 Å². The van der Waals surface area contributed by atoms with Gasteiger partial charge in [0.15, 0.2) is 0 Å². The van der Waals surface area contributed by atoms with Crippen LogP contribution in [0.15, 0.2) is 0 Å². The molecule has 0 radical (unpaired) electrons. The Morgan fingerprint density at radius 2 is 1.83 bits per heavy atom. The summed E-state index contributed by atoms with van der Waals surface area (Å²) < 4.78 is 0. The van der Waals surface area contributed by atoms with Gasteiger partial charge in [0, 0.05) is 14.1 Å². The Balaban J connectivity index is 4.31. The van der Waals surface area contributed by atoms with Crippen LogP contribution in [0.3, 0.4) is 0 Å². The highest BCUT2D eigenvalue weighted by molar-refractivity contribution is 5.88. The number of nitrogens with zero attached hydrogens (tertiary/aromatic N) is 1. The van der Waals surface area contributed by atoms with E-state index in [1.165, 1.54) is 4.90 Å². The van der Waals surface area contributed by atoms with Crippen LogP contribution in [0.4, 0.5) is 0 Å². The number of amides is 2. The molecule has 0 heterocycles. The molecular formula is C13H27N3O2. The summed E-state index contributed by atoms with van der Waals surface area (Å²) in [5, 5.41) is 5.82. The molecule has 0 fully saturated rings. The molecule has 1 atom stereocenters. The molecule has 106 valence electrons. The van der Waals surface area contributed by atoms with E-state index in [2.05, 4.69) is 10.6 Å². The first-order chi connectivity index (χ1) is 8.38. The highest BCUT2D eigenvalue weighted by atomic mass is 16.2. The quantitative estimate of drug-likeness (QED) is 0.626. The van der Waals surface area contributed by atoms with Gasteiger partial charge in [-0.15, -0.1) is 0 Å². The average molecular weight is 257 g/mol. The Kier molecular flexibility index (Phi) is 8.37. The van der Waals surface area contributed by atoms with Gasteiger partial charge in [0.1, 0.15) is 6.04 Å². The number of carbonyl (C=O) groups excluding carboxylic acids is 2. The van der Waals surface area contributed by atoms with Crippen LogP contribution in [0.2, 0.25) is 0 Å². The smallest absolute Gasteiger partial charge is 0.244 e. The maximum atomic E-state index is 11.9. The number of rotatable bonds is 8. The van der Waals surface area contributed by atoms with E-state index in [0.717, 1.165) is 13.0 Å². The average Bonchev–Trinajstić information content (AvgIpc) is 2.26. The van der Waals surface area contributed by atoms with Gasteiger partial charge < -0.3 is 15.5 Å². The summed E-state index contributed by atoms with van der Waals surface area (Å²) in [5.74, 6) is 0.194. The van der Waals surface area contributed by atoms with E-state index < -0.39 is 6.04 Å². The van der Waals surface area contributed by atoms with Crippen LogP contribution in [-0.4, -0.2) is 49.9 Å². The molecule has 0 saturated heterocycles. The summed E-state index contributed by atoms with van der Waals surface area (Å²) in [6.45, 7) is 7.20. The van der Waals surface area contributed by atoms with Crippen molar-refractivity contribution in [2.24, 2.45) is 5.92 Å². The first kappa shape index (κ1) is 16.9. The van der Waals surface area contributed by atoms with Crippen molar-refractivity contribution in [3.8, 4) is 0 Å². The molecule has 0 aromatic rings. The Hall–Kier alpha value is -1.10. The van der Waals surface area contributed by atoms with E-state index >= 15 is 0 Å². The first-order valence-corrected chi connectivity index (χ1v) is 6.59. The summed E-state index contributed by atoms with van der Waals surface area (Å²) in [5.41, 5.74) is 0. The van der Waals surface area contributed by atoms with Crippen molar-refractivity contribution in [2.45, 2.75) is 39.7 Å². The van der Waals surface area contributed by atoms with Crippen LogP contribution >= 0.6 is 0 Å². The number of likely N-dealkylation sites (N-methyl/N-ethyl adjacent to an activating group) is 1. The van der Waals surface area contributed by atoms with Crippen molar-refractivity contribution in [1.29, 1.82) is 0 Å². The second kappa shape index (κ2) is 8.91. The van der Waals surface area contributed by atoms with Crippen molar-refractivity contribution >= 4 is 11.8 Å². The molecular weight excluding hydrogens is 230 g/mol. The normalized spacial score (nSPS) is 12.3. The van der Waals surface area contributed by atoms with Gasteiger partial charge in [-0.3, -0.25) is 9.59 Å². The largest absolute Gasteiger partial charge is 0.347 e. The van der Waals surface area contributed by atoms with Gasteiger partial charge in [-0.1, -0.05) is 20.8 Å². The van der Waals surface area contributed by atoms with Gasteiger partial charge in [0.25, 0.3) is 0 Å². The van der Waals surface area contributed by atoms with Crippen molar-refractivity contribution in [2.75, 3.05) is 27.2 Å². The van der Waals surface area contributed by atoms with Gasteiger partial charge in [-0.25, -0.2) is 0 Å². The molecule has 0 spiro atoms. The predicted molar refractivity (Wildman–Crippen MR) is 73.2 cm³/mol. The fraction of sp³-hybridized carbons (Fsp3) is 0.846. The predicted octanol–water partition coefficient (Wildman–Crippen LogP) is 0.605. The van der Waals surface area contributed by atoms with E-state index in [4.69, 9.17) is 0 Å². The Labute approximate surface area is 110 Å². The lowest BCUT2D eigenvalue weighted by Gasteiger charge is -2.23. The minimum atomic E-state index is -0.420. The summed E-state index contributed by atoms with van der Waals surface area (Å²) >= 11 is 0. The van der Waals surface area contributed by atoms with Gasteiger partial charge >= 0.3 is 0 Å². The second-order valence-corrected chi connectivity index (χ2v) is 5.16. The Bertz CT molecular complexity index is 265. The molecule has 2 amide bonds. The van der Waals surface area contributed by atoms with Crippen LogP contribution < -0.4 is 10.6 Å². The zero-order chi connectivity index (χ0) is 14.1. The van der Waals surface area contributed by atoms with E-state index in [-0.39, 0.29) is 18.4 Å². The molecule has 0 aliphatic carbocycles. The lowest BCUT2D eigenvalue weighted by Crippen LogP contribution is -2.49. The van der Waals surface area contributed by atoms with Crippen molar-refractivity contribution in [3.05, 3.63) is 0 Å². The minimum absolute atomic E-state index is 0.0486. The molecule has 0 saturated carbocycles. The van der Waals surface area contributed by atoms with Crippen LogP contribution in [0.25, 0.3) is 0 Å². The third kappa shape index (κ3) is 7.27. The van der Waals surface area contributed by atoms with Crippen molar-refractivity contribution in [1.82, 2.24) is 15.5 Å². The molecule has 0 aliphatic rings. The van der Waals surface area contributed by atoms with Gasteiger partial charge in [-0.2, -0.15) is 0 Å². The molecule has 5 heteroatoms. The first-order valence-electron chi connectivity index (χ1n) is 6.59. The third-order valence-corrected chi connectivity index (χ3v) is 2.49. The zero-order valence-corrected chi connectivity index (χ0v) is 12.2. The molecule has 2 N–H and O–H groups in total. The Morgan fingerprint density at radius 3 is 2.28 bits per heavy atom. The van der Waals surface area contributed by atoms with Crippen LogP contribution in [0.1, 0.15) is 33.6 Å². The van der Waals surface area contributed by atoms with Crippen LogP contribution in [0, 0.1) is 5.92 Å². The molecule has 0 aromatic heterocycles. The summed E-state index contributed by atoms with van der Waals surface area (Å²) in [6.07, 6.45) is 1.65. The summed E-state index contributed by atoms with van der Waals surface area (Å²) in [7, 11) is 3.41. The number of nitrogens with one attached hydrogen (secondary N) is 2. The third-order valence-electron chi connectivity index (χ3n) is 2.49. The molecule has 0 aliphatic heterocycles. The number of hydrogen-bond acceptors (Lipinski definition) is 3. The zero-order valence-electron chi connectivity index (χ0n) is 12.2. The monoisotopic (exact) mass is 257 g/mol. The van der Waals surface area contributed by atoms with Gasteiger partial charge in [0.2, 0.25) is 11.8 Å². The maximum Gasteiger partial charge on any atom is 0.244 e.